The maximum atomic E-state index is 13.7. The van der Waals surface area contributed by atoms with Gasteiger partial charge in [-0.1, -0.05) is 29.5 Å². The Bertz CT molecular complexity index is 641. The van der Waals surface area contributed by atoms with Crippen LogP contribution in [0, 0.1) is 5.82 Å². The molecule has 3 rings (SSSR count). The molecule has 2 heterocycles. The van der Waals surface area contributed by atoms with Crippen LogP contribution in [0.3, 0.4) is 0 Å². The number of aromatic nitrogens is 2. The van der Waals surface area contributed by atoms with Crippen LogP contribution in [0.1, 0.15) is 17.5 Å². The molecule has 23 heavy (non-hydrogen) atoms. The smallest absolute Gasteiger partial charge is 0.208 e. The molecule has 0 radical (unpaired) electrons. The highest BCUT2D eigenvalue weighted by molar-refractivity contribution is 7.15. The molecule has 1 atom stereocenters. The van der Waals surface area contributed by atoms with Gasteiger partial charge in [-0.05, 0) is 18.6 Å². The summed E-state index contributed by atoms with van der Waals surface area (Å²) in [6, 6.07) is 6.78. The molecule has 0 aliphatic carbocycles. The average Bonchev–Trinajstić information content (AvgIpc) is 2.98. The van der Waals surface area contributed by atoms with Crippen LogP contribution in [0.25, 0.3) is 0 Å². The molecule has 0 amide bonds. The summed E-state index contributed by atoms with van der Waals surface area (Å²) < 4.78 is 13.7. The number of halogens is 1. The SMILES string of the molecule is C[C@@H](O)CN1CCN(c2nnc(Cc3ccccc3F)s2)CC1. The molecule has 1 aliphatic heterocycles. The summed E-state index contributed by atoms with van der Waals surface area (Å²) in [4.78, 5) is 4.46. The van der Waals surface area contributed by atoms with Gasteiger partial charge in [0.1, 0.15) is 10.8 Å². The van der Waals surface area contributed by atoms with Gasteiger partial charge in [0, 0.05) is 39.1 Å². The standard InChI is InChI=1S/C16H21FN4OS/c1-12(22)11-20-6-8-21(9-7-20)16-19-18-15(23-16)10-13-4-2-3-5-14(13)17/h2-5,12,22H,6-11H2,1H3/t12-/m1/s1. The van der Waals surface area contributed by atoms with Gasteiger partial charge < -0.3 is 10.0 Å². The quantitative estimate of drug-likeness (QED) is 0.902. The third kappa shape index (κ3) is 4.25. The lowest BCUT2D eigenvalue weighted by molar-refractivity contribution is 0.122. The van der Waals surface area contributed by atoms with E-state index < -0.39 is 0 Å². The number of β-amino-alcohol motifs (C(OH)–C–C–N with tert-alkyl or cyclic N) is 1. The number of aliphatic hydroxyl groups is 1. The Morgan fingerprint density at radius 1 is 1.22 bits per heavy atom. The van der Waals surface area contributed by atoms with Crippen molar-refractivity contribution in [2.24, 2.45) is 0 Å². The van der Waals surface area contributed by atoms with Crippen LogP contribution in [0.4, 0.5) is 9.52 Å². The normalized spacial score (nSPS) is 17.4. The molecule has 124 valence electrons. The molecule has 1 fully saturated rings. The predicted octanol–water partition coefficient (Wildman–Crippen LogP) is 1.77. The molecule has 0 saturated carbocycles. The van der Waals surface area contributed by atoms with Crippen LogP contribution in [0.2, 0.25) is 0 Å². The van der Waals surface area contributed by atoms with Gasteiger partial charge in [-0.25, -0.2) is 4.39 Å². The van der Waals surface area contributed by atoms with E-state index in [2.05, 4.69) is 20.0 Å². The van der Waals surface area contributed by atoms with Gasteiger partial charge in [-0.15, -0.1) is 10.2 Å². The van der Waals surface area contributed by atoms with E-state index in [0.717, 1.165) is 36.3 Å². The van der Waals surface area contributed by atoms with E-state index in [1.54, 1.807) is 12.1 Å². The van der Waals surface area contributed by atoms with Gasteiger partial charge in [0.2, 0.25) is 5.13 Å². The Morgan fingerprint density at radius 2 is 1.96 bits per heavy atom. The lowest BCUT2D eigenvalue weighted by atomic mass is 10.1. The highest BCUT2D eigenvalue weighted by Crippen LogP contribution is 2.24. The predicted molar refractivity (Wildman–Crippen MR) is 89.4 cm³/mol. The second-order valence-corrected chi connectivity index (χ2v) is 6.92. The third-order valence-electron chi connectivity index (χ3n) is 3.92. The molecule has 2 aromatic rings. The van der Waals surface area contributed by atoms with Crippen LogP contribution >= 0.6 is 11.3 Å². The molecule has 1 saturated heterocycles. The number of hydrogen-bond acceptors (Lipinski definition) is 6. The summed E-state index contributed by atoms with van der Waals surface area (Å²) >= 11 is 1.53. The Labute approximate surface area is 139 Å². The van der Waals surface area contributed by atoms with Gasteiger partial charge >= 0.3 is 0 Å². The zero-order chi connectivity index (χ0) is 16.2. The molecule has 0 unspecified atom stereocenters. The fourth-order valence-corrected chi connectivity index (χ4v) is 3.66. The number of rotatable bonds is 5. The van der Waals surface area contributed by atoms with Gasteiger partial charge in [-0.2, -0.15) is 0 Å². The van der Waals surface area contributed by atoms with E-state index in [1.807, 2.05) is 13.0 Å². The first-order valence-corrected chi connectivity index (χ1v) is 8.64. The maximum Gasteiger partial charge on any atom is 0.208 e. The average molecular weight is 336 g/mol. The maximum absolute atomic E-state index is 13.7. The van der Waals surface area contributed by atoms with Crippen molar-refractivity contribution in [3.8, 4) is 0 Å². The second-order valence-electron chi connectivity index (χ2n) is 5.88. The van der Waals surface area contributed by atoms with Gasteiger partial charge in [0.25, 0.3) is 0 Å². The van der Waals surface area contributed by atoms with Crippen LogP contribution in [-0.2, 0) is 6.42 Å². The fourth-order valence-electron chi connectivity index (χ4n) is 2.74. The molecule has 0 bridgehead atoms. The Morgan fingerprint density at radius 3 is 2.65 bits per heavy atom. The molecule has 7 heteroatoms. The molecular weight excluding hydrogens is 315 g/mol. The third-order valence-corrected chi connectivity index (χ3v) is 4.90. The minimum absolute atomic E-state index is 0.198. The summed E-state index contributed by atoms with van der Waals surface area (Å²) in [7, 11) is 0. The zero-order valence-electron chi connectivity index (χ0n) is 13.2. The zero-order valence-corrected chi connectivity index (χ0v) is 14.0. The van der Waals surface area contributed by atoms with Crippen LogP contribution in [0.5, 0.6) is 0 Å². The van der Waals surface area contributed by atoms with Crippen molar-refractivity contribution in [3.63, 3.8) is 0 Å². The van der Waals surface area contributed by atoms with Crippen molar-refractivity contribution in [3.05, 3.63) is 40.7 Å². The van der Waals surface area contributed by atoms with Crippen molar-refractivity contribution in [2.75, 3.05) is 37.6 Å². The number of nitrogens with zero attached hydrogens (tertiary/aromatic N) is 4. The fraction of sp³-hybridized carbons (Fsp3) is 0.500. The second kappa shape index (κ2) is 7.33. The van der Waals surface area contributed by atoms with E-state index in [1.165, 1.54) is 17.4 Å². The van der Waals surface area contributed by atoms with Crippen molar-refractivity contribution in [2.45, 2.75) is 19.4 Å². The van der Waals surface area contributed by atoms with Gasteiger partial charge in [0.15, 0.2) is 0 Å². The number of piperazine rings is 1. The lowest BCUT2D eigenvalue weighted by Gasteiger charge is -2.34. The van der Waals surface area contributed by atoms with Gasteiger partial charge in [-0.3, -0.25) is 4.90 Å². The van der Waals surface area contributed by atoms with E-state index in [-0.39, 0.29) is 11.9 Å². The molecule has 1 N–H and O–H groups in total. The Balaban J connectivity index is 1.59. The van der Waals surface area contributed by atoms with Crippen molar-refractivity contribution < 1.29 is 9.50 Å². The number of aliphatic hydroxyl groups excluding tert-OH is 1. The summed E-state index contributed by atoms with van der Waals surface area (Å²) in [5, 5.41) is 19.6. The van der Waals surface area contributed by atoms with Crippen LogP contribution < -0.4 is 4.90 Å². The lowest BCUT2D eigenvalue weighted by Crippen LogP contribution is -2.48. The van der Waals surface area contributed by atoms with Crippen molar-refractivity contribution >= 4 is 16.5 Å². The molecule has 1 aliphatic rings. The first-order chi connectivity index (χ1) is 11.1. The number of hydrogen-bond donors (Lipinski definition) is 1. The summed E-state index contributed by atoms with van der Waals surface area (Å²) in [6.07, 6.45) is 0.183. The highest BCUT2D eigenvalue weighted by Gasteiger charge is 2.21. The van der Waals surface area contributed by atoms with Gasteiger partial charge in [0.05, 0.1) is 6.10 Å². The first kappa shape index (κ1) is 16.3. The first-order valence-electron chi connectivity index (χ1n) is 7.83. The molecule has 1 aromatic heterocycles. The molecule has 0 spiro atoms. The van der Waals surface area contributed by atoms with E-state index in [9.17, 15) is 9.50 Å². The summed E-state index contributed by atoms with van der Waals surface area (Å²) in [5.41, 5.74) is 0.650. The van der Waals surface area contributed by atoms with Crippen molar-refractivity contribution in [1.29, 1.82) is 0 Å². The van der Waals surface area contributed by atoms with Crippen LogP contribution in [0.15, 0.2) is 24.3 Å². The highest BCUT2D eigenvalue weighted by atomic mass is 32.1. The largest absolute Gasteiger partial charge is 0.392 e. The summed E-state index contributed by atoms with van der Waals surface area (Å²) in [6.45, 7) is 6.09. The number of anilines is 1. The Hall–Kier alpha value is -1.57. The van der Waals surface area contributed by atoms with E-state index >= 15 is 0 Å². The monoisotopic (exact) mass is 336 g/mol. The summed E-state index contributed by atoms with van der Waals surface area (Å²) in [5.74, 6) is -0.198. The van der Waals surface area contributed by atoms with Crippen molar-refractivity contribution in [1.82, 2.24) is 15.1 Å². The van der Waals surface area contributed by atoms with E-state index in [0.29, 0.717) is 18.5 Å². The molecule has 5 nitrogen and oxygen atoms in total. The van der Waals surface area contributed by atoms with Crippen LogP contribution in [-0.4, -0.2) is 59.0 Å². The topological polar surface area (TPSA) is 52.5 Å². The Kier molecular flexibility index (Phi) is 5.20. The van der Waals surface area contributed by atoms with E-state index in [4.69, 9.17) is 0 Å². The number of benzene rings is 1. The minimum atomic E-state index is -0.296. The molecular formula is C16H21FN4OS. The minimum Gasteiger partial charge on any atom is -0.392 e. The molecule has 1 aromatic carbocycles.